The van der Waals surface area contributed by atoms with E-state index in [0.717, 1.165) is 32.4 Å². The van der Waals surface area contributed by atoms with Gasteiger partial charge < -0.3 is 15.0 Å². The van der Waals surface area contributed by atoms with Crippen LogP contribution in [0.2, 0.25) is 0 Å². The fraction of sp³-hybridized carbons (Fsp3) is 0.533. The van der Waals surface area contributed by atoms with Gasteiger partial charge in [-0.2, -0.15) is 0 Å². The Morgan fingerprint density at radius 2 is 2.04 bits per heavy atom. The molecule has 1 N–H and O–H groups in total. The number of halogens is 1. The van der Waals surface area contributed by atoms with Crippen LogP contribution < -0.4 is 10.1 Å². The highest BCUT2D eigenvalue weighted by Crippen LogP contribution is 2.29. The van der Waals surface area contributed by atoms with Gasteiger partial charge in [0.25, 0.3) is 5.91 Å². The molecule has 2 heterocycles. The summed E-state index contributed by atoms with van der Waals surface area (Å²) < 4.78 is 5.43. The molecule has 8 heteroatoms. The number of carbonyl (C=O) groups excluding carboxylic acids is 1. The maximum atomic E-state index is 12.5. The Labute approximate surface area is 140 Å². The molecule has 1 aromatic carbocycles. The summed E-state index contributed by atoms with van der Waals surface area (Å²) in [6, 6.07) is 6.61. The van der Waals surface area contributed by atoms with Gasteiger partial charge in [0, 0.05) is 24.7 Å². The van der Waals surface area contributed by atoms with Crippen molar-refractivity contribution in [2.75, 3.05) is 19.7 Å². The number of ether oxygens (including phenoxy) is 1. The predicted octanol–water partition coefficient (Wildman–Crippen LogP) is 1.75. The largest absolute Gasteiger partial charge is 0.477 e. The first-order valence-electron chi connectivity index (χ1n) is 7.55. The number of nitrogens with one attached hydrogen (secondary N) is 1. The van der Waals surface area contributed by atoms with E-state index in [1.54, 1.807) is 12.1 Å². The molecule has 3 rings (SSSR count). The number of hydrogen-bond donors (Lipinski definition) is 1. The van der Waals surface area contributed by atoms with E-state index in [-0.39, 0.29) is 48.4 Å². The zero-order valence-corrected chi connectivity index (χ0v) is 13.5. The molecule has 1 aromatic rings. The summed E-state index contributed by atoms with van der Waals surface area (Å²) in [5.74, 6) is 0.0514. The number of para-hydroxylation sites is 2. The molecule has 0 radical (unpaired) electrons. The lowest BCUT2D eigenvalue weighted by Crippen LogP contribution is -2.44. The topological polar surface area (TPSA) is 84.7 Å². The van der Waals surface area contributed by atoms with Crippen molar-refractivity contribution < 1.29 is 14.5 Å². The summed E-state index contributed by atoms with van der Waals surface area (Å²) >= 11 is 0. The van der Waals surface area contributed by atoms with Gasteiger partial charge in [-0.1, -0.05) is 12.1 Å². The molecule has 0 aromatic heterocycles. The lowest BCUT2D eigenvalue weighted by atomic mass is 10.1. The van der Waals surface area contributed by atoms with Gasteiger partial charge >= 0.3 is 5.69 Å². The molecular weight excluding hydrogens is 322 g/mol. The molecule has 0 aliphatic carbocycles. The van der Waals surface area contributed by atoms with Crippen molar-refractivity contribution in [1.29, 1.82) is 0 Å². The van der Waals surface area contributed by atoms with Crippen molar-refractivity contribution in [3.05, 3.63) is 34.4 Å². The standard InChI is InChI=1S/C15H19N3O4.ClH/c19-15(17-11-5-6-12(17)9-16-8-7-11)10-22-14-4-2-1-3-13(14)18(20)21;/h1-4,11-12,16H,5-10H2;1H. The zero-order valence-electron chi connectivity index (χ0n) is 12.6. The van der Waals surface area contributed by atoms with Gasteiger partial charge in [-0.05, 0) is 31.9 Å². The van der Waals surface area contributed by atoms with E-state index in [4.69, 9.17) is 4.74 Å². The lowest BCUT2D eigenvalue weighted by molar-refractivity contribution is -0.385. The average Bonchev–Trinajstić information content (AvgIpc) is 2.78. The quantitative estimate of drug-likeness (QED) is 0.666. The van der Waals surface area contributed by atoms with Crippen molar-refractivity contribution in [3.8, 4) is 5.75 Å². The van der Waals surface area contributed by atoms with E-state index < -0.39 is 4.92 Å². The van der Waals surface area contributed by atoms with Crippen LogP contribution in [-0.2, 0) is 4.79 Å². The Hall–Kier alpha value is -1.86. The second-order valence-electron chi connectivity index (χ2n) is 5.69. The third kappa shape index (κ3) is 3.73. The van der Waals surface area contributed by atoms with Crippen LogP contribution in [0.15, 0.2) is 24.3 Å². The van der Waals surface area contributed by atoms with Crippen molar-refractivity contribution in [3.63, 3.8) is 0 Å². The summed E-state index contributed by atoms with van der Waals surface area (Å²) in [4.78, 5) is 24.8. The minimum Gasteiger partial charge on any atom is -0.477 e. The Kier molecular flexibility index (Phi) is 5.79. The van der Waals surface area contributed by atoms with Crippen LogP contribution in [-0.4, -0.2) is 47.5 Å². The molecule has 2 atom stereocenters. The zero-order chi connectivity index (χ0) is 15.5. The van der Waals surface area contributed by atoms with Gasteiger partial charge in [0.05, 0.1) is 4.92 Å². The Balaban J connectivity index is 0.00000192. The molecular formula is C15H20ClN3O4. The lowest BCUT2D eigenvalue weighted by Gasteiger charge is -2.27. The fourth-order valence-electron chi connectivity index (χ4n) is 3.33. The minimum atomic E-state index is -0.501. The second kappa shape index (κ2) is 7.61. The summed E-state index contributed by atoms with van der Waals surface area (Å²) in [5, 5.41) is 14.3. The summed E-state index contributed by atoms with van der Waals surface area (Å²) in [5.41, 5.74) is -0.115. The summed E-state index contributed by atoms with van der Waals surface area (Å²) in [6.45, 7) is 1.58. The molecule has 2 aliphatic heterocycles. The fourth-order valence-corrected chi connectivity index (χ4v) is 3.33. The SMILES string of the molecule is Cl.O=C(COc1ccccc1[N+](=O)[O-])N1C2CCNCC1CC2. The van der Waals surface area contributed by atoms with Crippen molar-refractivity contribution in [1.82, 2.24) is 10.2 Å². The van der Waals surface area contributed by atoms with E-state index in [2.05, 4.69) is 5.32 Å². The van der Waals surface area contributed by atoms with Crippen LogP contribution in [0.3, 0.4) is 0 Å². The highest BCUT2D eigenvalue weighted by atomic mass is 35.5. The number of nitrogens with zero attached hydrogens (tertiary/aromatic N) is 2. The molecule has 126 valence electrons. The number of amides is 1. The van der Waals surface area contributed by atoms with E-state index in [9.17, 15) is 14.9 Å². The van der Waals surface area contributed by atoms with Crippen LogP contribution >= 0.6 is 12.4 Å². The monoisotopic (exact) mass is 341 g/mol. The van der Waals surface area contributed by atoms with Crippen LogP contribution in [0.4, 0.5) is 5.69 Å². The third-order valence-electron chi connectivity index (χ3n) is 4.36. The predicted molar refractivity (Wildman–Crippen MR) is 87.0 cm³/mol. The summed E-state index contributed by atoms with van der Waals surface area (Å²) in [7, 11) is 0. The number of carbonyl (C=O) groups is 1. The molecule has 2 aliphatic rings. The molecule has 23 heavy (non-hydrogen) atoms. The van der Waals surface area contributed by atoms with Gasteiger partial charge in [0.15, 0.2) is 12.4 Å². The minimum absolute atomic E-state index is 0. The number of rotatable bonds is 4. The maximum absolute atomic E-state index is 12.5. The van der Waals surface area contributed by atoms with Crippen molar-refractivity contribution in [2.24, 2.45) is 0 Å². The average molecular weight is 342 g/mol. The molecule has 0 spiro atoms. The first-order chi connectivity index (χ1) is 10.7. The van der Waals surface area contributed by atoms with Gasteiger partial charge in [0.1, 0.15) is 0 Å². The van der Waals surface area contributed by atoms with E-state index in [0.29, 0.717) is 0 Å². The van der Waals surface area contributed by atoms with Gasteiger partial charge in [0.2, 0.25) is 0 Å². The second-order valence-corrected chi connectivity index (χ2v) is 5.69. The van der Waals surface area contributed by atoms with Gasteiger partial charge in [-0.3, -0.25) is 14.9 Å². The summed E-state index contributed by atoms with van der Waals surface area (Å²) in [6.07, 6.45) is 2.99. The van der Waals surface area contributed by atoms with Crippen LogP contribution in [0, 0.1) is 10.1 Å². The van der Waals surface area contributed by atoms with Crippen molar-refractivity contribution in [2.45, 2.75) is 31.3 Å². The number of benzene rings is 1. The van der Waals surface area contributed by atoms with Gasteiger partial charge in [-0.25, -0.2) is 0 Å². The molecule has 7 nitrogen and oxygen atoms in total. The molecule has 0 saturated carbocycles. The highest BCUT2D eigenvalue weighted by Gasteiger charge is 2.38. The number of nitro benzene ring substituents is 1. The first kappa shape index (κ1) is 17.5. The van der Waals surface area contributed by atoms with Crippen LogP contribution in [0.25, 0.3) is 0 Å². The third-order valence-corrected chi connectivity index (χ3v) is 4.36. The Morgan fingerprint density at radius 3 is 2.83 bits per heavy atom. The van der Waals surface area contributed by atoms with Gasteiger partial charge in [-0.15, -0.1) is 12.4 Å². The Morgan fingerprint density at radius 1 is 1.30 bits per heavy atom. The molecule has 1 amide bonds. The smallest absolute Gasteiger partial charge is 0.310 e. The van der Waals surface area contributed by atoms with E-state index in [1.807, 2.05) is 4.90 Å². The highest BCUT2D eigenvalue weighted by molar-refractivity contribution is 5.85. The molecule has 2 bridgehead atoms. The molecule has 2 unspecified atom stereocenters. The van der Waals surface area contributed by atoms with Crippen LogP contribution in [0.5, 0.6) is 5.75 Å². The normalized spacial score (nSPS) is 22.9. The van der Waals surface area contributed by atoms with Crippen LogP contribution in [0.1, 0.15) is 19.3 Å². The first-order valence-corrected chi connectivity index (χ1v) is 7.55. The number of hydrogen-bond acceptors (Lipinski definition) is 5. The van der Waals surface area contributed by atoms with E-state index >= 15 is 0 Å². The molecule has 2 fully saturated rings. The van der Waals surface area contributed by atoms with Crippen molar-refractivity contribution >= 4 is 24.0 Å². The molecule has 2 saturated heterocycles. The number of nitro groups is 1. The van der Waals surface area contributed by atoms with E-state index in [1.165, 1.54) is 12.1 Å². The maximum Gasteiger partial charge on any atom is 0.310 e. The Bertz CT molecular complexity index is 570. The number of fused-ring (bicyclic) bond motifs is 2.